The van der Waals surface area contributed by atoms with Crippen LogP contribution in [0.2, 0.25) is 0 Å². The summed E-state index contributed by atoms with van der Waals surface area (Å²) in [6, 6.07) is 6.97. The van der Waals surface area contributed by atoms with Crippen LogP contribution in [0.3, 0.4) is 0 Å². The minimum absolute atomic E-state index is 0.107. The van der Waals surface area contributed by atoms with Crippen molar-refractivity contribution in [2.24, 2.45) is 0 Å². The van der Waals surface area contributed by atoms with Gasteiger partial charge in [-0.15, -0.1) is 0 Å². The molecule has 1 aromatic carbocycles. The zero-order chi connectivity index (χ0) is 12.9. The molecule has 1 rings (SSSR count). The molecule has 0 saturated heterocycles. The van der Waals surface area contributed by atoms with Gasteiger partial charge < -0.3 is 15.2 Å². The Kier molecular flexibility index (Phi) is 4.52. The van der Waals surface area contributed by atoms with Crippen molar-refractivity contribution >= 4 is 5.91 Å². The summed E-state index contributed by atoms with van der Waals surface area (Å²) in [6.07, 6.45) is 0. The zero-order valence-electron chi connectivity index (χ0n) is 10.5. The van der Waals surface area contributed by atoms with Gasteiger partial charge in [0.05, 0.1) is 18.8 Å². The maximum atomic E-state index is 11.9. The molecule has 0 atom stereocenters. The first-order valence-corrected chi connectivity index (χ1v) is 5.65. The van der Waals surface area contributed by atoms with E-state index in [0.717, 1.165) is 0 Å². The molecule has 0 fully saturated rings. The average Bonchev–Trinajstić information content (AvgIpc) is 2.29. The summed E-state index contributed by atoms with van der Waals surface area (Å²) in [5.74, 6) is 0.451. The molecule has 17 heavy (non-hydrogen) atoms. The molecule has 1 amide bonds. The van der Waals surface area contributed by atoms with Gasteiger partial charge in [-0.3, -0.25) is 4.79 Å². The molecule has 2 N–H and O–H groups in total. The molecule has 0 aliphatic heterocycles. The lowest BCUT2D eigenvalue weighted by Gasteiger charge is -2.23. The molecule has 0 aliphatic carbocycles. The molecule has 0 saturated carbocycles. The van der Waals surface area contributed by atoms with E-state index in [9.17, 15) is 4.79 Å². The molecule has 0 unspecified atom stereocenters. The van der Waals surface area contributed by atoms with E-state index in [0.29, 0.717) is 17.9 Å². The van der Waals surface area contributed by atoms with Crippen LogP contribution in [0.1, 0.15) is 31.1 Å². The number of aliphatic hydroxyl groups is 1. The van der Waals surface area contributed by atoms with Gasteiger partial charge in [-0.2, -0.15) is 0 Å². The second kappa shape index (κ2) is 5.68. The van der Waals surface area contributed by atoms with Gasteiger partial charge >= 0.3 is 0 Å². The number of rotatable bonds is 5. The van der Waals surface area contributed by atoms with Crippen molar-refractivity contribution in [2.45, 2.75) is 26.3 Å². The van der Waals surface area contributed by atoms with Crippen molar-refractivity contribution < 1.29 is 14.6 Å². The van der Waals surface area contributed by atoms with Crippen LogP contribution in [-0.4, -0.2) is 29.8 Å². The third kappa shape index (κ3) is 4.07. The summed E-state index contributed by atoms with van der Waals surface area (Å²) in [5.41, 5.74) is -0.101. The third-order valence-corrected chi connectivity index (χ3v) is 2.25. The first-order valence-electron chi connectivity index (χ1n) is 5.65. The molecule has 0 spiro atoms. The Balaban J connectivity index is 2.78. The number of benzene rings is 1. The Morgan fingerprint density at radius 3 is 2.76 bits per heavy atom. The maximum Gasteiger partial charge on any atom is 0.251 e. The number of carbonyl (C=O) groups excluding carboxylic acids is 1. The van der Waals surface area contributed by atoms with Crippen LogP contribution < -0.4 is 10.1 Å². The van der Waals surface area contributed by atoms with E-state index in [1.165, 1.54) is 0 Å². The second-order valence-corrected chi connectivity index (χ2v) is 4.46. The smallest absolute Gasteiger partial charge is 0.251 e. The molecular formula is C13H19NO3. The van der Waals surface area contributed by atoms with Gasteiger partial charge in [0.15, 0.2) is 0 Å². The fourth-order valence-electron chi connectivity index (χ4n) is 1.31. The van der Waals surface area contributed by atoms with Crippen LogP contribution in [-0.2, 0) is 0 Å². The molecule has 1 aromatic rings. The molecule has 4 heteroatoms. The van der Waals surface area contributed by atoms with Crippen LogP contribution in [0.5, 0.6) is 5.75 Å². The first kappa shape index (κ1) is 13.5. The van der Waals surface area contributed by atoms with E-state index in [2.05, 4.69) is 5.32 Å². The topological polar surface area (TPSA) is 58.6 Å². The minimum Gasteiger partial charge on any atom is -0.494 e. The van der Waals surface area contributed by atoms with Gasteiger partial charge in [0.1, 0.15) is 5.75 Å². The van der Waals surface area contributed by atoms with E-state index in [1.54, 1.807) is 38.1 Å². The Hall–Kier alpha value is -1.55. The van der Waals surface area contributed by atoms with Gasteiger partial charge in [-0.1, -0.05) is 6.07 Å². The standard InChI is InChI=1S/C13H19NO3/c1-4-17-11-7-5-6-10(8-11)12(16)14-13(2,3)9-15/h5-8,15H,4,9H2,1-3H3,(H,14,16). The van der Waals surface area contributed by atoms with Crippen molar-refractivity contribution in [3.05, 3.63) is 29.8 Å². The number of carbonyl (C=O) groups is 1. The fraction of sp³-hybridized carbons (Fsp3) is 0.462. The third-order valence-electron chi connectivity index (χ3n) is 2.25. The average molecular weight is 237 g/mol. The summed E-state index contributed by atoms with van der Waals surface area (Å²) >= 11 is 0. The monoisotopic (exact) mass is 237 g/mol. The van der Waals surface area contributed by atoms with Gasteiger partial charge in [-0.05, 0) is 39.0 Å². The van der Waals surface area contributed by atoms with E-state index < -0.39 is 5.54 Å². The molecule has 0 radical (unpaired) electrons. The van der Waals surface area contributed by atoms with E-state index in [-0.39, 0.29) is 12.5 Å². The number of aliphatic hydroxyl groups excluding tert-OH is 1. The minimum atomic E-state index is -0.626. The molecule has 4 nitrogen and oxygen atoms in total. The first-order chi connectivity index (χ1) is 7.98. The van der Waals surface area contributed by atoms with E-state index in [4.69, 9.17) is 9.84 Å². The summed E-state index contributed by atoms with van der Waals surface area (Å²) in [4.78, 5) is 11.9. The highest BCUT2D eigenvalue weighted by atomic mass is 16.5. The van der Waals surface area contributed by atoms with E-state index in [1.807, 2.05) is 6.92 Å². The summed E-state index contributed by atoms with van der Waals surface area (Å²) in [7, 11) is 0. The number of ether oxygens (including phenoxy) is 1. The number of hydrogen-bond donors (Lipinski definition) is 2. The maximum absolute atomic E-state index is 11.9. The van der Waals surface area contributed by atoms with Gasteiger partial charge in [0.2, 0.25) is 0 Å². The van der Waals surface area contributed by atoms with Crippen LogP contribution >= 0.6 is 0 Å². The normalized spacial score (nSPS) is 11.1. The predicted molar refractivity (Wildman–Crippen MR) is 66.2 cm³/mol. The van der Waals surface area contributed by atoms with Crippen LogP contribution in [0.4, 0.5) is 0 Å². The van der Waals surface area contributed by atoms with Crippen LogP contribution in [0.15, 0.2) is 24.3 Å². The number of nitrogens with one attached hydrogen (secondary N) is 1. The lowest BCUT2D eigenvalue weighted by Crippen LogP contribution is -2.46. The number of amides is 1. The summed E-state index contributed by atoms with van der Waals surface area (Å²) < 4.78 is 5.32. The second-order valence-electron chi connectivity index (χ2n) is 4.46. The number of hydrogen-bond acceptors (Lipinski definition) is 3. The molecular weight excluding hydrogens is 218 g/mol. The predicted octanol–water partition coefficient (Wildman–Crippen LogP) is 1.59. The van der Waals surface area contributed by atoms with E-state index >= 15 is 0 Å². The SMILES string of the molecule is CCOc1cccc(C(=O)NC(C)(C)CO)c1. The molecule has 0 bridgehead atoms. The van der Waals surface area contributed by atoms with Crippen molar-refractivity contribution in [1.82, 2.24) is 5.32 Å². The quantitative estimate of drug-likeness (QED) is 0.817. The molecule has 94 valence electrons. The molecule has 0 aliphatic rings. The molecule has 0 heterocycles. The Bertz CT molecular complexity index is 388. The zero-order valence-corrected chi connectivity index (χ0v) is 10.5. The highest BCUT2D eigenvalue weighted by molar-refractivity contribution is 5.95. The largest absolute Gasteiger partial charge is 0.494 e. The van der Waals surface area contributed by atoms with Crippen LogP contribution in [0.25, 0.3) is 0 Å². The summed E-state index contributed by atoms with van der Waals surface area (Å²) in [6.45, 7) is 5.87. The molecule has 0 aromatic heterocycles. The highest BCUT2D eigenvalue weighted by Gasteiger charge is 2.20. The lowest BCUT2D eigenvalue weighted by atomic mass is 10.1. The van der Waals surface area contributed by atoms with Gasteiger partial charge in [0.25, 0.3) is 5.91 Å². The Morgan fingerprint density at radius 2 is 2.18 bits per heavy atom. The Labute approximate surface area is 102 Å². The van der Waals surface area contributed by atoms with Crippen molar-refractivity contribution in [3.63, 3.8) is 0 Å². The Morgan fingerprint density at radius 1 is 1.47 bits per heavy atom. The van der Waals surface area contributed by atoms with Crippen molar-refractivity contribution in [1.29, 1.82) is 0 Å². The van der Waals surface area contributed by atoms with Crippen LogP contribution in [0, 0.1) is 0 Å². The van der Waals surface area contributed by atoms with Gasteiger partial charge in [0, 0.05) is 5.56 Å². The van der Waals surface area contributed by atoms with Gasteiger partial charge in [-0.25, -0.2) is 0 Å². The highest BCUT2D eigenvalue weighted by Crippen LogP contribution is 2.14. The fourth-order valence-corrected chi connectivity index (χ4v) is 1.31. The van der Waals surface area contributed by atoms with Crippen molar-refractivity contribution in [2.75, 3.05) is 13.2 Å². The lowest BCUT2D eigenvalue weighted by molar-refractivity contribution is 0.0869. The summed E-state index contributed by atoms with van der Waals surface area (Å²) in [5, 5.41) is 11.8. The van der Waals surface area contributed by atoms with Crippen molar-refractivity contribution in [3.8, 4) is 5.75 Å².